The summed E-state index contributed by atoms with van der Waals surface area (Å²) in [4.78, 5) is 9.57. The summed E-state index contributed by atoms with van der Waals surface area (Å²) in [6.45, 7) is 6.00. The van der Waals surface area contributed by atoms with Crippen LogP contribution in [0.5, 0.6) is 0 Å². The molecular weight excluding hydrogens is 244 g/mol. The molecule has 3 rings (SSSR count). The van der Waals surface area contributed by atoms with Gasteiger partial charge in [-0.05, 0) is 32.4 Å². The highest BCUT2D eigenvalue weighted by molar-refractivity contribution is 7.13. The van der Waals surface area contributed by atoms with E-state index < -0.39 is 0 Å². The van der Waals surface area contributed by atoms with Crippen LogP contribution in [0.3, 0.4) is 0 Å². The van der Waals surface area contributed by atoms with Gasteiger partial charge in [-0.1, -0.05) is 6.42 Å². The molecule has 2 aliphatic heterocycles. The van der Waals surface area contributed by atoms with Crippen molar-refractivity contribution in [2.75, 3.05) is 31.9 Å². The van der Waals surface area contributed by atoms with E-state index in [0.717, 1.165) is 18.3 Å². The number of nitrogens with zero attached hydrogens (tertiary/aromatic N) is 3. The average molecular weight is 266 g/mol. The number of nitrogen functional groups attached to an aromatic ring is 1. The molecule has 0 aliphatic carbocycles. The van der Waals surface area contributed by atoms with Crippen LogP contribution in [0.15, 0.2) is 5.38 Å². The Balaban J connectivity index is 1.51. The molecule has 0 spiro atoms. The van der Waals surface area contributed by atoms with E-state index in [1.54, 1.807) is 11.3 Å². The third-order valence-corrected chi connectivity index (χ3v) is 4.83. The van der Waals surface area contributed by atoms with Crippen LogP contribution in [0.4, 0.5) is 5.13 Å². The van der Waals surface area contributed by atoms with E-state index >= 15 is 0 Å². The molecule has 2 N–H and O–H groups in total. The Morgan fingerprint density at radius 1 is 1.28 bits per heavy atom. The van der Waals surface area contributed by atoms with Crippen LogP contribution in [0, 0.1) is 0 Å². The molecule has 0 aromatic carbocycles. The quantitative estimate of drug-likeness (QED) is 0.906. The molecule has 0 saturated carbocycles. The van der Waals surface area contributed by atoms with Crippen LogP contribution in [0.1, 0.15) is 31.4 Å². The van der Waals surface area contributed by atoms with Crippen molar-refractivity contribution in [1.29, 1.82) is 0 Å². The van der Waals surface area contributed by atoms with Crippen molar-refractivity contribution in [3.63, 3.8) is 0 Å². The fraction of sp³-hybridized carbons (Fsp3) is 0.769. The first-order valence-electron chi connectivity index (χ1n) is 6.97. The summed E-state index contributed by atoms with van der Waals surface area (Å²) in [5.74, 6) is 0. The minimum absolute atomic E-state index is 0.691. The molecule has 2 aliphatic rings. The Kier molecular flexibility index (Phi) is 3.82. The molecule has 18 heavy (non-hydrogen) atoms. The average Bonchev–Trinajstić information content (AvgIpc) is 3.01. The van der Waals surface area contributed by atoms with Crippen molar-refractivity contribution in [3.05, 3.63) is 11.1 Å². The van der Waals surface area contributed by atoms with Crippen LogP contribution in [0.2, 0.25) is 0 Å². The summed E-state index contributed by atoms with van der Waals surface area (Å²) in [6.07, 6.45) is 5.52. The molecule has 100 valence electrons. The first kappa shape index (κ1) is 12.4. The Hall–Kier alpha value is -0.650. The highest BCUT2D eigenvalue weighted by Gasteiger charge is 2.28. The molecule has 1 atom stereocenters. The highest BCUT2D eigenvalue weighted by Crippen LogP contribution is 2.22. The van der Waals surface area contributed by atoms with Gasteiger partial charge in [0.15, 0.2) is 5.13 Å². The second kappa shape index (κ2) is 5.55. The fourth-order valence-electron chi connectivity index (χ4n) is 3.16. The van der Waals surface area contributed by atoms with Crippen LogP contribution in [0.25, 0.3) is 0 Å². The van der Waals surface area contributed by atoms with Crippen LogP contribution in [-0.2, 0) is 6.54 Å². The van der Waals surface area contributed by atoms with Gasteiger partial charge in [0.05, 0.1) is 5.69 Å². The van der Waals surface area contributed by atoms with Gasteiger partial charge in [-0.3, -0.25) is 9.80 Å². The van der Waals surface area contributed by atoms with Crippen molar-refractivity contribution in [1.82, 2.24) is 14.8 Å². The second-order valence-electron chi connectivity index (χ2n) is 5.45. The standard InChI is InChI=1S/C13H22N4S/c14-13-15-11(10-18-13)8-16-7-4-12(9-16)17-5-2-1-3-6-17/h10,12H,1-9H2,(H2,14,15). The Labute approximate surface area is 113 Å². The highest BCUT2D eigenvalue weighted by atomic mass is 32.1. The summed E-state index contributed by atoms with van der Waals surface area (Å²) in [5.41, 5.74) is 6.81. The molecule has 4 nitrogen and oxygen atoms in total. The fourth-order valence-corrected chi connectivity index (χ4v) is 3.72. The van der Waals surface area contributed by atoms with E-state index in [-0.39, 0.29) is 0 Å². The van der Waals surface area contributed by atoms with Crippen molar-refractivity contribution in [2.24, 2.45) is 0 Å². The zero-order chi connectivity index (χ0) is 12.4. The van der Waals surface area contributed by atoms with Crippen LogP contribution in [-0.4, -0.2) is 47.0 Å². The van der Waals surface area contributed by atoms with Gasteiger partial charge >= 0.3 is 0 Å². The van der Waals surface area contributed by atoms with Gasteiger partial charge in [-0.15, -0.1) is 11.3 Å². The lowest BCUT2D eigenvalue weighted by molar-refractivity contribution is 0.161. The minimum atomic E-state index is 0.691. The van der Waals surface area contributed by atoms with Gasteiger partial charge in [-0.2, -0.15) is 0 Å². The first-order chi connectivity index (χ1) is 8.81. The third kappa shape index (κ3) is 2.84. The van der Waals surface area contributed by atoms with Crippen LogP contribution >= 0.6 is 11.3 Å². The number of thiazole rings is 1. The molecule has 0 amide bonds. The lowest BCUT2D eigenvalue weighted by Crippen LogP contribution is -2.40. The Bertz CT molecular complexity index is 386. The summed E-state index contributed by atoms with van der Waals surface area (Å²) in [5, 5.41) is 2.78. The van der Waals surface area contributed by atoms with E-state index in [9.17, 15) is 0 Å². The molecule has 0 radical (unpaired) electrons. The SMILES string of the molecule is Nc1nc(CN2CCC(N3CCCCC3)C2)cs1. The summed E-state index contributed by atoms with van der Waals surface area (Å²) >= 11 is 1.55. The lowest BCUT2D eigenvalue weighted by atomic mass is 10.1. The second-order valence-corrected chi connectivity index (χ2v) is 6.34. The molecule has 5 heteroatoms. The van der Waals surface area contributed by atoms with Crippen molar-refractivity contribution >= 4 is 16.5 Å². The number of anilines is 1. The van der Waals surface area contributed by atoms with E-state index in [0.29, 0.717) is 5.13 Å². The number of likely N-dealkylation sites (tertiary alicyclic amines) is 2. The van der Waals surface area contributed by atoms with E-state index in [1.807, 2.05) is 0 Å². The number of rotatable bonds is 3. The van der Waals surface area contributed by atoms with Gasteiger partial charge < -0.3 is 5.73 Å². The summed E-state index contributed by atoms with van der Waals surface area (Å²) in [7, 11) is 0. The predicted molar refractivity (Wildman–Crippen MR) is 75.6 cm³/mol. The smallest absolute Gasteiger partial charge is 0.180 e. The molecule has 1 aromatic rings. The topological polar surface area (TPSA) is 45.4 Å². The van der Waals surface area contributed by atoms with Crippen molar-refractivity contribution in [2.45, 2.75) is 38.3 Å². The largest absolute Gasteiger partial charge is 0.375 e. The maximum absolute atomic E-state index is 5.68. The molecule has 2 saturated heterocycles. The normalized spacial score (nSPS) is 26.8. The first-order valence-corrected chi connectivity index (χ1v) is 7.85. The molecule has 1 unspecified atom stereocenters. The molecule has 3 heterocycles. The van der Waals surface area contributed by atoms with Gasteiger partial charge in [0, 0.05) is 31.1 Å². The zero-order valence-electron chi connectivity index (χ0n) is 10.8. The van der Waals surface area contributed by atoms with Crippen molar-refractivity contribution < 1.29 is 0 Å². The monoisotopic (exact) mass is 266 g/mol. The maximum atomic E-state index is 5.68. The number of hydrogen-bond donors (Lipinski definition) is 1. The number of hydrogen-bond acceptors (Lipinski definition) is 5. The van der Waals surface area contributed by atoms with Gasteiger partial charge in [-0.25, -0.2) is 4.98 Å². The van der Waals surface area contributed by atoms with E-state index in [1.165, 1.54) is 51.9 Å². The van der Waals surface area contributed by atoms with Crippen molar-refractivity contribution in [3.8, 4) is 0 Å². The third-order valence-electron chi connectivity index (χ3n) is 4.11. The zero-order valence-corrected chi connectivity index (χ0v) is 11.7. The Morgan fingerprint density at radius 3 is 2.83 bits per heavy atom. The molecule has 0 bridgehead atoms. The lowest BCUT2D eigenvalue weighted by Gasteiger charge is -2.32. The van der Waals surface area contributed by atoms with Gasteiger partial charge in [0.1, 0.15) is 0 Å². The molecular formula is C13H22N4S. The predicted octanol–water partition coefficient (Wildman–Crippen LogP) is 1.79. The maximum Gasteiger partial charge on any atom is 0.180 e. The van der Waals surface area contributed by atoms with E-state index in [4.69, 9.17) is 5.73 Å². The number of piperidine rings is 1. The van der Waals surface area contributed by atoms with Gasteiger partial charge in [0.2, 0.25) is 0 Å². The molecule has 1 aromatic heterocycles. The Morgan fingerprint density at radius 2 is 2.11 bits per heavy atom. The molecule has 2 fully saturated rings. The summed E-state index contributed by atoms with van der Waals surface area (Å²) in [6, 6.07) is 0.779. The number of aromatic nitrogens is 1. The van der Waals surface area contributed by atoms with Crippen LogP contribution < -0.4 is 5.73 Å². The minimum Gasteiger partial charge on any atom is -0.375 e. The van der Waals surface area contributed by atoms with Gasteiger partial charge in [0.25, 0.3) is 0 Å². The number of nitrogens with two attached hydrogens (primary N) is 1. The van der Waals surface area contributed by atoms with E-state index in [2.05, 4.69) is 20.2 Å². The summed E-state index contributed by atoms with van der Waals surface area (Å²) < 4.78 is 0.